The van der Waals surface area contributed by atoms with Crippen molar-refractivity contribution in [3.63, 3.8) is 0 Å². The molecule has 0 bridgehead atoms. The van der Waals surface area contributed by atoms with Crippen molar-refractivity contribution < 1.29 is 22.7 Å². The quantitative estimate of drug-likeness (QED) is 0.655. The Morgan fingerprint density at radius 1 is 1.62 bits per heavy atom. The first-order valence-electron chi connectivity index (χ1n) is 3.47. The number of hydrogen-bond donors (Lipinski definition) is 1. The van der Waals surface area contributed by atoms with E-state index in [1.165, 1.54) is 0 Å². The second kappa shape index (κ2) is 3.75. The Hall–Kier alpha value is -0.430. The minimum Gasteiger partial charge on any atom is -0.468 e. The van der Waals surface area contributed by atoms with Crippen LogP contribution in [0.5, 0.6) is 0 Å². The van der Waals surface area contributed by atoms with E-state index in [0.717, 1.165) is 7.11 Å². The molecule has 1 aliphatic rings. The summed E-state index contributed by atoms with van der Waals surface area (Å²) in [5.74, 6) is -0.559. The van der Waals surface area contributed by atoms with Gasteiger partial charge in [0.15, 0.2) is 5.37 Å². The second-order valence-corrected chi connectivity index (χ2v) is 3.64. The van der Waals surface area contributed by atoms with E-state index in [1.807, 2.05) is 0 Å². The Morgan fingerprint density at radius 3 is 2.62 bits per heavy atom. The van der Waals surface area contributed by atoms with Crippen molar-refractivity contribution in [2.75, 3.05) is 12.9 Å². The Bertz CT molecular complexity index is 209. The first-order chi connectivity index (χ1) is 5.95. The molecule has 1 saturated heterocycles. The number of thioether (sulfide) groups is 1. The summed E-state index contributed by atoms with van der Waals surface area (Å²) in [6.07, 6.45) is -4.31. The van der Waals surface area contributed by atoms with Gasteiger partial charge in [0.1, 0.15) is 6.04 Å². The summed E-state index contributed by atoms with van der Waals surface area (Å²) >= 11 is 0.664. The fourth-order valence-corrected chi connectivity index (χ4v) is 2.01. The molecule has 0 aromatic rings. The van der Waals surface area contributed by atoms with E-state index in [-0.39, 0.29) is 5.75 Å². The number of methoxy groups -OCH3 is 1. The summed E-state index contributed by atoms with van der Waals surface area (Å²) in [7, 11) is 1.15. The van der Waals surface area contributed by atoms with E-state index in [2.05, 4.69) is 10.1 Å². The predicted octanol–water partition coefficient (Wildman–Crippen LogP) is 0.753. The predicted molar refractivity (Wildman–Crippen MR) is 41.2 cm³/mol. The fraction of sp³-hybridized carbons (Fsp3) is 0.833. The molecule has 1 heterocycles. The summed E-state index contributed by atoms with van der Waals surface area (Å²) in [5, 5.41) is 0.489. The van der Waals surface area contributed by atoms with Crippen LogP contribution in [-0.4, -0.2) is 36.4 Å². The van der Waals surface area contributed by atoms with Gasteiger partial charge in [-0.3, -0.25) is 10.1 Å². The van der Waals surface area contributed by atoms with E-state index in [0.29, 0.717) is 11.8 Å². The number of ether oxygens (including phenoxy) is 1. The van der Waals surface area contributed by atoms with Gasteiger partial charge < -0.3 is 4.74 Å². The van der Waals surface area contributed by atoms with E-state index in [9.17, 15) is 18.0 Å². The van der Waals surface area contributed by atoms with Crippen LogP contribution in [0.1, 0.15) is 0 Å². The molecular formula is C6H8F3NO2S. The van der Waals surface area contributed by atoms with Gasteiger partial charge in [-0.1, -0.05) is 0 Å². The van der Waals surface area contributed by atoms with Crippen LogP contribution in [-0.2, 0) is 9.53 Å². The molecule has 0 unspecified atom stereocenters. The molecule has 1 N–H and O–H groups in total. The van der Waals surface area contributed by atoms with Crippen LogP contribution < -0.4 is 5.32 Å². The molecule has 76 valence electrons. The van der Waals surface area contributed by atoms with E-state index in [1.54, 1.807) is 0 Å². The van der Waals surface area contributed by atoms with Crippen LogP contribution in [0.4, 0.5) is 13.2 Å². The Labute approximate surface area is 77.0 Å². The summed E-state index contributed by atoms with van der Waals surface area (Å²) in [4.78, 5) is 10.8. The maximum Gasteiger partial charge on any atom is 0.413 e. The first kappa shape index (κ1) is 10.6. The number of rotatable bonds is 1. The zero-order valence-electron chi connectivity index (χ0n) is 6.72. The van der Waals surface area contributed by atoms with E-state index in [4.69, 9.17) is 0 Å². The number of alkyl halides is 3. The third kappa shape index (κ3) is 2.50. The number of carbonyl (C=O) groups is 1. The van der Waals surface area contributed by atoms with Crippen molar-refractivity contribution in [3.8, 4) is 0 Å². The van der Waals surface area contributed by atoms with Gasteiger partial charge in [0, 0.05) is 5.75 Å². The van der Waals surface area contributed by atoms with Gasteiger partial charge in [-0.25, -0.2) is 0 Å². The lowest BCUT2D eigenvalue weighted by atomic mass is 10.3. The van der Waals surface area contributed by atoms with Crippen LogP contribution in [0, 0.1) is 0 Å². The molecule has 7 heteroatoms. The Balaban J connectivity index is 2.50. The highest BCUT2D eigenvalue weighted by molar-refractivity contribution is 8.00. The number of nitrogens with one attached hydrogen (secondary N) is 1. The summed E-state index contributed by atoms with van der Waals surface area (Å²) in [6, 6.07) is -0.846. The van der Waals surface area contributed by atoms with Gasteiger partial charge in [-0.15, -0.1) is 11.8 Å². The lowest BCUT2D eigenvalue weighted by Gasteiger charge is -2.14. The molecule has 0 aliphatic carbocycles. The smallest absolute Gasteiger partial charge is 0.413 e. The molecule has 0 saturated carbocycles. The SMILES string of the molecule is COC(=O)[C@@H]1CS[C@@H](C(F)(F)F)N1. The van der Waals surface area contributed by atoms with Gasteiger partial charge in [-0.05, 0) is 0 Å². The average molecular weight is 215 g/mol. The minimum atomic E-state index is -4.31. The number of halogens is 3. The number of esters is 1. The summed E-state index contributed by atoms with van der Waals surface area (Å²) < 4.78 is 40.5. The van der Waals surface area contributed by atoms with Gasteiger partial charge in [0.25, 0.3) is 0 Å². The van der Waals surface area contributed by atoms with Crippen LogP contribution in [0.15, 0.2) is 0 Å². The van der Waals surface area contributed by atoms with Crippen molar-refractivity contribution in [2.24, 2.45) is 0 Å². The lowest BCUT2D eigenvalue weighted by Crippen LogP contribution is -2.43. The zero-order valence-corrected chi connectivity index (χ0v) is 7.54. The van der Waals surface area contributed by atoms with Gasteiger partial charge >= 0.3 is 12.1 Å². The standard InChI is InChI=1S/C6H8F3NO2S/c1-12-4(11)3-2-13-5(10-3)6(7,8)9/h3,5,10H,2H2,1H3/t3-,5-/m0/s1. The number of hydrogen-bond acceptors (Lipinski definition) is 4. The molecule has 1 aliphatic heterocycles. The highest BCUT2D eigenvalue weighted by atomic mass is 32.2. The van der Waals surface area contributed by atoms with Crippen LogP contribution >= 0.6 is 11.8 Å². The lowest BCUT2D eigenvalue weighted by molar-refractivity contribution is -0.146. The van der Waals surface area contributed by atoms with Crippen molar-refractivity contribution in [1.29, 1.82) is 0 Å². The van der Waals surface area contributed by atoms with Crippen LogP contribution in [0.3, 0.4) is 0 Å². The molecule has 2 atom stereocenters. The van der Waals surface area contributed by atoms with Gasteiger partial charge in [0.05, 0.1) is 7.11 Å². The highest BCUT2D eigenvalue weighted by Gasteiger charge is 2.46. The highest BCUT2D eigenvalue weighted by Crippen LogP contribution is 2.33. The summed E-state index contributed by atoms with van der Waals surface area (Å²) in [5.41, 5.74) is 0. The van der Waals surface area contributed by atoms with Crippen molar-refractivity contribution >= 4 is 17.7 Å². The largest absolute Gasteiger partial charge is 0.468 e. The molecule has 0 amide bonds. The third-order valence-electron chi connectivity index (χ3n) is 1.57. The number of carbonyl (C=O) groups excluding carboxylic acids is 1. The average Bonchev–Trinajstić information content (AvgIpc) is 2.50. The van der Waals surface area contributed by atoms with Crippen LogP contribution in [0.2, 0.25) is 0 Å². The van der Waals surface area contributed by atoms with Crippen LogP contribution in [0.25, 0.3) is 0 Å². The molecule has 1 rings (SSSR count). The van der Waals surface area contributed by atoms with Crippen molar-refractivity contribution in [1.82, 2.24) is 5.32 Å². The Kier molecular flexibility index (Phi) is 3.07. The monoisotopic (exact) mass is 215 g/mol. The second-order valence-electron chi connectivity index (χ2n) is 2.50. The molecule has 0 aromatic carbocycles. The molecule has 3 nitrogen and oxygen atoms in total. The topological polar surface area (TPSA) is 38.3 Å². The van der Waals surface area contributed by atoms with Gasteiger partial charge in [0.2, 0.25) is 0 Å². The van der Waals surface area contributed by atoms with Crippen molar-refractivity contribution in [3.05, 3.63) is 0 Å². The molecule has 13 heavy (non-hydrogen) atoms. The molecular weight excluding hydrogens is 207 g/mol. The summed E-state index contributed by atoms with van der Waals surface area (Å²) in [6.45, 7) is 0. The van der Waals surface area contributed by atoms with Gasteiger partial charge in [-0.2, -0.15) is 13.2 Å². The maximum absolute atomic E-state index is 12.1. The fourth-order valence-electron chi connectivity index (χ4n) is 0.939. The maximum atomic E-state index is 12.1. The van der Waals surface area contributed by atoms with E-state index < -0.39 is 23.6 Å². The molecule has 1 fully saturated rings. The molecule has 0 spiro atoms. The normalized spacial score (nSPS) is 28.9. The third-order valence-corrected chi connectivity index (χ3v) is 2.83. The Morgan fingerprint density at radius 2 is 2.23 bits per heavy atom. The van der Waals surface area contributed by atoms with Crippen molar-refractivity contribution in [2.45, 2.75) is 17.6 Å². The minimum absolute atomic E-state index is 0.0941. The molecule has 0 radical (unpaired) electrons. The zero-order chi connectivity index (χ0) is 10.1. The van der Waals surface area contributed by atoms with E-state index >= 15 is 0 Å². The first-order valence-corrected chi connectivity index (χ1v) is 4.52. The molecule has 0 aromatic heterocycles.